The number of nitriles is 1. The second-order valence-electron chi connectivity index (χ2n) is 8.24. The summed E-state index contributed by atoms with van der Waals surface area (Å²) in [5.41, 5.74) is 9.77. The highest BCUT2D eigenvalue weighted by Crippen LogP contribution is 2.50. The molecule has 0 amide bonds. The molecule has 0 radical (unpaired) electrons. The maximum Gasteiger partial charge on any atom is 0.162 e. The maximum absolute atomic E-state index is 13.3. The Morgan fingerprint density at radius 2 is 1.97 bits per heavy atom. The minimum Gasteiger partial charge on any atom is -0.384 e. The monoisotopic (exact) mass is 404 g/mol. The van der Waals surface area contributed by atoms with Crippen molar-refractivity contribution in [2.75, 3.05) is 4.90 Å². The fraction of sp³-hybridized carbons (Fsp3) is 0.261. The number of benzene rings is 1. The van der Waals surface area contributed by atoms with Crippen LogP contribution in [0, 0.1) is 16.7 Å². The molecule has 0 spiro atoms. The summed E-state index contributed by atoms with van der Waals surface area (Å²) in [5.74, 6) is -0.112. The largest absolute Gasteiger partial charge is 0.384 e. The van der Waals surface area contributed by atoms with Crippen LogP contribution in [-0.2, 0) is 4.79 Å². The lowest BCUT2D eigenvalue weighted by atomic mass is 9.68. The first-order chi connectivity index (χ1) is 13.8. The van der Waals surface area contributed by atoms with Gasteiger partial charge in [0.1, 0.15) is 5.82 Å². The molecule has 0 bridgehead atoms. The van der Waals surface area contributed by atoms with Crippen LogP contribution in [0.1, 0.15) is 38.2 Å². The van der Waals surface area contributed by atoms with E-state index in [1.807, 2.05) is 29.2 Å². The summed E-state index contributed by atoms with van der Waals surface area (Å²) in [5, 5.41) is 10.6. The molecule has 146 valence electrons. The molecule has 2 N–H and O–H groups in total. The number of pyridine rings is 1. The smallest absolute Gasteiger partial charge is 0.162 e. The lowest BCUT2D eigenvalue weighted by Gasteiger charge is -2.43. The number of halogens is 1. The van der Waals surface area contributed by atoms with Gasteiger partial charge in [-0.3, -0.25) is 14.7 Å². The maximum atomic E-state index is 13.3. The molecule has 2 aliphatic rings. The number of hydrogen-bond acceptors (Lipinski definition) is 5. The number of allylic oxidation sites excluding steroid dienone is 3. The molecular weight excluding hydrogens is 384 g/mol. The van der Waals surface area contributed by atoms with Crippen molar-refractivity contribution in [2.45, 2.75) is 32.6 Å². The molecule has 5 nitrogen and oxygen atoms in total. The fourth-order valence-corrected chi connectivity index (χ4v) is 4.40. The molecule has 0 saturated heterocycles. The first-order valence-electron chi connectivity index (χ1n) is 9.44. The standard InChI is InChI=1S/C23H21ClN4O/c1-23(2)10-18-21(19(29)11-23)20(14-5-7-15(24)8-6-14)17(12-25)22(26)28(18)16-4-3-9-27-13-16/h3-9,13,20H,10-11,26H2,1-2H3/t20-/m1/s1. The first-order valence-corrected chi connectivity index (χ1v) is 9.82. The van der Waals surface area contributed by atoms with E-state index in [-0.39, 0.29) is 11.2 Å². The minimum atomic E-state index is -0.496. The average molecular weight is 405 g/mol. The van der Waals surface area contributed by atoms with Crippen LogP contribution in [0.25, 0.3) is 0 Å². The van der Waals surface area contributed by atoms with E-state index in [9.17, 15) is 10.1 Å². The van der Waals surface area contributed by atoms with E-state index in [1.165, 1.54) is 0 Å². The van der Waals surface area contributed by atoms with Gasteiger partial charge in [0.15, 0.2) is 5.78 Å². The van der Waals surface area contributed by atoms with Crippen molar-refractivity contribution in [3.63, 3.8) is 0 Å². The zero-order chi connectivity index (χ0) is 20.8. The SMILES string of the molecule is CC1(C)CC(=O)C2=C(C1)N(c1cccnc1)C(N)=C(C#N)[C@H]2c1ccc(Cl)cc1. The van der Waals surface area contributed by atoms with Crippen LogP contribution in [0.4, 0.5) is 5.69 Å². The number of nitrogens with two attached hydrogens (primary N) is 1. The van der Waals surface area contributed by atoms with Gasteiger partial charge >= 0.3 is 0 Å². The van der Waals surface area contributed by atoms with E-state index in [4.69, 9.17) is 17.3 Å². The van der Waals surface area contributed by atoms with E-state index in [1.54, 1.807) is 24.5 Å². The molecule has 1 aliphatic carbocycles. The van der Waals surface area contributed by atoms with Crippen LogP contribution in [0.15, 0.2) is 71.5 Å². The van der Waals surface area contributed by atoms with Gasteiger partial charge in [-0.1, -0.05) is 37.6 Å². The predicted octanol–water partition coefficient (Wildman–Crippen LogP) is 4.68. The number of hydrogen-bond donors (Lipinski definition) is 1. The van der Waals surface area contributed by atoms with Crippen molar-refractivity contribution < 1.29 is 4.79 Å². The van der Waals surface area contributed by atoms with E-state index in [0.29, 0.717) is 34.8 Å². The number of anilines is 1. The summed E-state index contributed by atoms with van der Waals surface area (Å²) in [6, 6.07) is 13.2. The fourth-order valence-electron chi connectivity index (χ4n) is 4.28. The van der Waals surface area contributed by atoms with E-state index >= 15 is 0 Å². The normalized spacial score (nSPS) is 21.1. The third-order valence-electron chi connectivity index (χ3n) is 5.49. The highest BCUT2D eigenvalue weighted by Gasteiger charge is 2.44. The first kappa shape index (κ1) is 19.2. The molecule has 4 rings (SSSR count). The van der Waals surface area contributed by atoms with Gasteiger partial charge in [0, 0.05) is 28.9 Å². The number of rotatable bonds is 2. The van der Waals surface area contributed by atoms with Gasteiger partial charge < -0.3 is 5.73 Å². The van der Waals surface area contributed by atoms with Gasteiger partial charge in [-0.25, -0.2) is 0 Å². The summed E-state index contributed by atoms with van der Waals surface area (Å²) >= 11 is 6.06. The summed E-state index contributed by atoms with van der Waals surface area (Å²) in [7, 11) is 0. The molecule has 1 aromatic carbocycles. The Labute approximate surface area is 175 Å². The number of ketones is 1. The molecule has 0 saturated carbocycles. The highest BCUT2D eigenvalue weighted by atomic mass is 35.5. The molecule has 1 aromatic heterocycles. The molecule has 29 heavy (non-hydrogen) atoms. The topological polar surface area (TPSA) is 83.0 Å². The van der Waals surface area contributed by atoms with Crippen molar-refractivity contribution in [3.8, 4) is 6.07 Å². The lowest BCUT2D eigenvalue weighted by molar-refractivity contribution is -0.118. The van der Waals surface area contributed by atoms with E-state index in [0.717, 1.165) is 16.9 Å². The number of nitrogens with zero attached hydrogens (tertiary/aromatic N) is 3. The van der Waals surface area contributed by atoms with Gasteiger partial charge in [0.05, 0.1) is 29.4 Å². The Bertz CT molecular complexity index is 1080. The van der Waals surface area contributed by atoms with Gasteiger partial charge in [-0.15, -0.1) is 0 Å². The Morgan fingerprint density at radius 3 is 2.59 bits per heavy atom. The van der Waals surface area contributed by atoms with Gasteiger partial charge in [-0.2, -0.15) is 5.26 Å². The molecule has 0 fully saturated rings. The van der Waals surface area contributed by atoms with Crippen LogP contribution in [0.5, 0.6) is 0 Å². The Kier molecular flexibility index (Phi) is 4.68. The number of Topliss-reactive ketones (excluding diaryl/α,β-unsaturated/α-hetero) is 1. The quantitative estimate of drug-likeness (QED) is 0.785. The Hall–Kier alpha value is -3.10. The van der Waals surface area contributed by atoms with E-state index in [2.05, 4.69) is 24.9 Å². The number of carbonyl (C=O) groups excluding carboxylic acids is 1. The molecule has 2 aromatic rings. The molecule has 6 heteroatoms. The molecule has 0 unspecified atom stereocenters. The van der Waals surface area contributed by atoms with Gasteiger partial charge in [0.25, 0.3) is 0 Å². The third-order valence-corrected chi connectivity index (χ3v) is 5.74. The minimum absolute atomic E-state index is 0.0466. The second kappa shape index (κ2) is 7.06. The predicted molar refractivity (Wildman–Crippen MR) is 113 cm³/mol. The summed E-state index contributed by atoms with van der Waals surface area (Å²) < 4.78 is 0. The van der Waals surface area contributed by atoms with Crippen molar-refractivity contribution in [1.29, 1.82) is 5.26 Å². The Balaban J connectivity index is 1.99. The van der Waals surface area contributed by atoms with Crippen LogP contribution in [-0.4, -0.2) is 10.8 Å². The third kappa shape index (κ3) is 3.30. The zero-order valence-electron chi connectivity index (χ0n) is 16.3. The van der Waals surface area contributed by atoms with Crippen LogP contribution in [0.3, 0.4) is 0 Å². The van der Waals surface area contributed by atoms with Gasteiger partial charge in [0.2, 0.25) is 0 Å². The molecular formula is C23H21ClN4O. The summed E-state index contributed by atoms with van der Waals surface area (Å²) in [4.78, 5) is 19.4. The zero-order valence-corrected chi connectivity index (χ0v) is 17.1. The van der Waals surface area contributed by atoms with Crippen molar-refractivity contribution in [1.82, 2.24) is 4.98 Å². The molecule has 1 atom stereocenters. The van der Waals surface area contributed by atoms with Crippen molar-refractivity contribution in [2.24, 2.45) is 11.1 Å². The highest BCUT2D eigenvalue weighted by molar-refractivity contribution is 6.30. The lowest BCUT2D eigenvalue weighted by Crippen LogP contribution is -2.42. The molecule has 2 heterocycles. The molecule has 1 aliphatic heterocycles. The summed E-state index contributed by atoms with van der Waals surface area (Å²) in [6.07, 6.45) is 4.48. The van der Waals surface area contributed by atoms with Crippen LogP contribution >= 0.6 is 11.6 Å². The second-order valence-corrected chi connectivity index (χ2v) is 8.68. The van der Waals surface area contributed by atoms with Crippen LogP contribution in [0.2, 0.25) is 5.02 Å². The average Bonchev–Trinajstić information content (AvgIpc) is 2.67. The summed E-state index contributed by atoms with van der Waals surface area (Å²) in [6.45, 7) is 4.15. The van der Waals surface area contributed by atoms with Crippen molar-refractivity contribution in [3.05, 3.63) is 82.0 Å². The van der Waals surface area contributed by atoms with E-state index < -0.39 is 5.92 Å². The Morgan fingerprint density at radius 1 is 1.24 bits per heavy atom. The van der Waals surface area contributed by atoms with Crippen LogP contribution < -0.4 is 10.6 Å². The number of carbonyl (C=O) groups is 1. The van der Waals surface area contributed by atoms with Gasteiger partial charge in [-0.05, 0) is 41.7 Å². The number of aromatic nitrogens is 1. The van der Waals surface area contributed by atoms with Crippen molar-refractivity contribution >= 4 is 23.1 Å².